The Bertz CT molecular complexity index is 318. The highest BCUT2D eigenvalue weighted by Gasteiger charge is 2.08. The first kappa shape index (κ1) is 9.58. The van der Waals surface area contributed by atoms with Gasteiger partial charge in [0.1, 0.15) is 11.5 Å². The third kappa shape index (κ3) is 1.99. The fourth-order valence-corrected chi connectivity index (χ4v) is 1.03. The van der Waals surface area contributed by atoms with Crippen molar-refractivity contribution in [1.82, 2.24) is 0 Å². The molecule has 0 aromatic heterocycles. The Morgan fingerprint density at radius 1 is 1.31 bits per heavy atom. The highest BCUT2D eigenvalue weighted by molar-refractivity contribution is 6.01. The summed E-state index contributed by atoms with van der Waals surface area (Å²) >= 11 is 0. The SMILES string of the molecule is [CH2]C(=O)c1ccc(OC)cc1OC. The number of carbonyl (C=O) groups is 1. The quantitative estimate of drug-likeness (QED) is 0.663. The number of hydrogen-bond acceptors (Lipinski definition) is 3. The average Bonchev–Trinajstić information content (AvgIpc) is 2.16. The summed E-state index contributed by atoms with van der Waals surface area (Å²) < 4.78 is 9.99. The zero-order valence-corrected chi connectivity index (χ0v) is 7.66. The summed E-state index contributed by atoms with van der Waals surface area (Å²) in [5.74, 6) is 0.876. The second-order valence-electron chi connectivity index (χ2n) is 2.49. The first-order valence-corrected chi connectivity index (χ1v) is 3.77. The predicted octanol–water partition coefficient (Wildman–Crippen LogP) is 1.72. The van der Waals surface area contributed by atoms with Crippen LogP contribution >= 0.6 is 0 Å². The van der Waals surface area contributed by atoms with Crippen LogP contribution in [0.1, 0.15) is 10.4 Å². The van der Waals surface area contributed by atoms with Crippen LogP contribution in [0.2, 0.25) is 0 Å². The molecule has 0 unspecified atom stereocenters. The van der Waals surface area contributed by atoms with Crippen LogP contribution in [-0.4, -0.2) is 20.0 Å². The molecule has 0 heterocycles. The van der Waals surface area contributed by atoms with Crippen molar-refractivity contribution in [1.29, 1.82) is 0 Å². The Hall–Kier alpha value is -1.51. The molecule has 3 nitrogen and oxygen atoms in total. The van der Waals surface area contributed by atoms with E-state index in [9.17, 15) is 4.79 Å². The normalized spacial score (nSPS) is 9.46. The van der Waals surface area contributed by atoms with Crippen LogP contribution < -0.4 is 9.47 Å². The van der Waals surface area contributed by atoms with Gasteiger partial charge in [-0.15, -0.1) is 0 Å². The largest absolute Gasteiger partial charge is 0.497 e. The second kappa shape index (κ2) is 3.94. The van der Waals surface area contributed by atoms with Crippen molar-refractivity contribution < 1.29 is 14.3 Å². The summed E-state index contributed by atoms with van der Waals surface area (Å²) in [6.07, 6.45) is 0. The van der Waals surface area contributed by atoms with Crippen LogP contribution in [0.4, 0.5) is 0 Å². The topological polar surface area (TPSA) is 35.5 Å². The van der Waals surface area contributed by atoms with E-state index in [0.29, 0.717) is 17.1 Å². The van der Waals surface area contributed by atoms with Gasteiger partial charge in [0.2, 0.25) is 0 Å². The number of carbonyl (C=O) groups excluding carboxylic acids is 1. The summed E-state index contributed by atoms with van der Waals surface area (Å²) in [6.45, 7) is 3.31. The molecule has 69 valence electrons. The minimum atomic E-state index is -0.264. The Labute approximate surface area is 77.3 Å². The van der Waals surface area contributed by atoms with E-state index in [4.69, 9.17) is 9.47 Å². The van der Waals surface area contributed by atoms with Gasteiger partial charge in [-0.05, 0) is 12.1 Å². The van der Waals surface area contributed by atoms with Crippen LogP contribution in [0.25, 0.3) is 0 Å². The molecule has 0 atom stereocenters. The van der Waals surface area contributed by atoms with Crippen molar-refractivity contribution in [3.8, 4) is 11.5 Å². The molecular formula is C10H11O3. The maximum absolute atomic E-state index is 11.0. The molecule has 0 fully saturated rings. The molecule has 1 rings (SSSR count). The van der Waals surface area contributed by atoms with Gasteiger partial charge in [0.25, 0.3) is 0 Å². The van der Waals surface area contributed by atoms with Gasteiger partial charge in [0.05, 0.1) is 19.8 Å². The standard InChI is InChI=1S/C10H11O3/c1-7(11)9-5-4-8(12-2)6-10(9)13-3/h4-6H,1H2,2-3H3. The molecule has 0 aliphatic rings. The lowest BCUT2D eigenvalue weighted by atomic mass is 10.1. The van der Waals surface area contributed by atoms with Gasteiger partial charge in [-0.3, -0.25) is 4.79 Å². The van der Waals surface area contributed by atoms with E-state index in [-0.39, 0.29) is 5.78 Å². The summed E-state index contributed by atoms with van der Waals surface area (Å²) in [5.41, 5.74) is 0.461. The van der Waals surface area contributed by atoms with Crippen LogP contribution in [0.5, 0.6) is 11.5 Å². The lowest BCUT2D eigenvalue weighted by Crippen LogP contribution is -1.98. The van der Waals surface area contributed by atoms with Gasteiger partial charge < -0.3 is 9.47 Å². The molecule has 13 heavy (non-hydrogen) atoms. The number of benzene rings is 1. The molecule has 0 spiro atoms. The number of hydrogen-bond donors (Lipinski definition) is 0. The van der Waals surface area contributed by atoms with Gasteiger partial charge in [0, 0.05) is 13.0 Å². The maximum atomic E-state index is 11.0. The fourth-order valence-electron chi connectivity index (χ4n) is 1.03. The summed E-state index contributed by atoms with van der Waals surface area (Å²) in [7, 11) is 3.06. The second-order valence-corrected chi connectivity index (χ2v) is 2.49. The van der Waals surface area contributed by atoms with Crippen molar-refractivity contribution in [2.75, 3.05) is 14.2 Å². The van der Waals surface area contributed by atoms with E-state index >= 15 is 0 Å². The van der Waals surface area contributed by atoms with E-state index in [1.165, 1.54) is 7.11 Å². The Morgan fingerprint density at radius 2 is 2.00 bits per heavy atom. The minimum absolute atomic E-state index is 0.264. The van der Waals surface area contributed by atoms with E-state index < -0.39 is 0 Å². The highest BCUT2D eigenvalue weighted by atomic mass is 16.5. The molecule has 0 aliphatic heterocycles. The molecule has 0 amide bonds. The molecule has 3 heteroatoms. The molecule has 0 aliphatic carbocycles. The Morgan fingerprint density at radius 3 is 2.46 bits per heavy atom. The lowest BCUT2D eigenvalue weighted by molar-refractivity contribution is 0.104. The van der Waals surface area contributed by atoms with Gasteiger partial charge in [-0.2, -0.15) is 0 Å². The third-order valence-corrected chi connectivity index (χ3v) is 1.71. The maximum Gasteiger partial charge on any atom is 0.167 e. The van der Waals surface area contributed by atoms with Crippen molar-refractivity contribution in [3.63, 3.8) is 0 Å². The molecule has 0 N–H and O–H groups in total. The van der Waals surface area contributed by atoms with Gasteiger partial charge in [-0.25, -0.2) is 0 Å². The number of methoxy groups -OCH3 is 2. The number of ketones is 1. The average molecular weight is 179 g/mol. The van der Waals surface area contributed by atoms with Crippen molar-refractivity contribution in [2.24, 2.45) is 0 Å². The monoisotopic (exact) mass is 179 g/mol. The zero-order chi connectivity index (χ0) is 9.84. The van der Waals surface area contributed by atoms with Crippen LogP contribution in [0, 0.1) is 6.92 Å². The van der Waals surface area contributed by atoms with E-state index in [1.54, 1.807) is 25.3 Å². The van der Waals surface area contributed by atoms with Crippen molar-refractivity contribution >= 4 is 5.78 Å². The highest BCUT2D eigenvalue weighted by Crippen LogP contribution is 2.24. The number of ether oxygens (including phenoxy) is 2. The predicted molar refractivity (Wildman–Crippen MR) is 49.2 cm³/mol. The molecule has 0 saturated carbocycles. The molecule has 0 bridgehead atoms. The van der Waals surface area contributed by atoms with Gasteiger partial charge >= 0.3 is 0 Å². The van der Waals surface area contributed by atoms with Crippen molar-refractivity contribution in [3.05, 3.63) is 30.7 Å². The molecule has 1 aromatic carbocycles. The lowest BCUT2D eigenvalue weighted by Gasteiger charge is -2.07. The third-order valence-electron chi connectivity index (χ3n) is 1.71. The Balaban J connectivity index is 3.15. The summed E-state index contributed by atoms with van der Waals surface area (Å²) in [5, 5.41) is 0. The van der Waals surface area contributed by atoms with E-state index in [2.05, 4.69) is 6.92 Å². The number of Topliss-reactive ketones (excluding diaryl/α,β-unsaturated/α-hetero) is 1. The first-order valence-electron chi connectivity index (χ1n) is 3.77. The van der Waals surface area contributed by atoms with E-state index in [0.717, 1.165) is 0 Å². The first-order chi connectivity index (χ1) is 6.19. The molecule has 1 aromatic rings. The zero-order valence-electron chi connectivity index (χ0n) is 7.66. The number of rotatable bonds is 3. The smallest absolute Gasteiger partial charge is 0.167 e. The van der Waals surface area contributed by atoms with Crippen molar-refractivity contribution in [2.45, 2.75) is 0 Å². The minimum Gasteiger partial charge on any atom is -0.497 e. The molecular weight excluding hydrogens is 168 g/mol. The molecule has 0 saturated heterocycles. The van der Waals surface area contributed by atoms with Gasteiger partial charge in [0.15, 0.2) is 5.78 Å². The Kier molecular flexibility index (Phi) is 2.90. The molecule has 1 radical (unpaired) electrons. The van der Waals surface area contributed by atoms with Gasteiger partial charge in [-0.1, -0.05) is 0 Å². The summed E-state index contributed by atoms with van der Waals surface area (Å²) in [6, 6.07) is 4.98. The van der Waals surface area contributed by atoms with Crippen LogP contribution in [0.3, 0.4) is 0 Å². The van der Waals surface area contributed by atoms with E-state index in [1.807, 2.05) is 0 Å². The van der Waals surface area contributed by atoms with Crippen LogP contribution in [-0.2, 0) is 0 Å². The fraction of sp³-hybridized carbons (Fsp3) is 0.200. The summed E-state index contributed by atoms with van der Waals surface area (Å²) in [4.78, 5) is 11.0. The van der Waals surface area contributed by atoms with Crippen LogP contribution in [0.15, 0.2) is 18.2 Å².